The maximum atomic E-state index is 4.61. The summed E-state index contributed by atoms with van der Waals surface area (Å²) in [5.41, 5.74) is 3.60. The first-order valence-corrected chi connectivity index (χ1v) is 7.49. The number of benzene rings is 2. The molecule has 3 heteroatoms. The van der Waals surface area contributed by atoms with Crippen molar-refractivity contribution in [1.29, 1.82) is 0 Å². The Morgan fingerprint density at radius 2 is 1.77 bits per heavy atom. The van der Waals surface area contributed by atoms with Gasteiger partial charge >= 0.3 is 0 Å². The molecule has 0 aliphatic carbocycles. The van der Waals surface area contributed by atoms with E-state index < -0.39 is 0 Å². The molecular formula is C19H21N3. The lowest BCUT2D eigenvalue weighted by molar-refractivity contribution is 1.08. The number of nitrogens with zero attached hydrogens (tertiary/aromatic N) is 2. The molecule has 0 saturated carbocycles. The van der Waals surface area contributed by atoms with Crippen molar-refractivity contribution in [2.75, 3.05) is 24.3 Å². The fourth-order valence-corrected chi connectivity index (χ4v) is 2.63. The van der Waals surface area contributed by atoms with Crippen LogP contribution in [0.4, 0.5) is 11.5 Å². The summed E-state index contributed by atoms with van der Waals surface area (Å²) in [6.45, 7) is 2.92. The largest absolute Gasteiger partial charge is 0.379 e. The molecule has 0 atom stereocenters. The van der Waals surface area contributed by atoms with E-state index in [1.165, 1.54) is 21.9 Å². The van der Waals surface area contributed by atoms with Crippen LogP contribution in [0.5, 0.6) is 0 Å². The van der Waals surface area contributed by atoms with Crippen LogP contribution in [0.1, 0.15) is 11.1 Å². The number of hydrogen-bond donors (Lipinski definition) is 1. The lowest BCUT2D eigenvalue weighted by Crippen LogP contribution is -2.12. The van der Waals surface area contributed by atoms with Gasteiger partial charge in [0.2, 0.25) is 0 Å². The highest BCUT2D eigenvalue weighted by Crippen LogP contribution is 2.30. The maximum Gasteiger partial charge on any atom is 0.136 e. The molecule has 22 heavy (non-hydrogen) atoms. The molecule has 0 radical (unpaired) electrons. The summed E-state index contributed by atoms with van der Waals surface area (Å²) in [6, 6.07) is 16.9. The molecule has 1 N–H and O–H groups in total. The smallest absolute Gasteiger partial charge is 0.136 e. The molecule has 1 heterocycles. The molecule has 0 amide bonds. The maximum absolute atomic E-state index is 4.61. The second-order valence-electron chi connectivity index (χ2n) is 5.78. The minimum Gasteiger partial charge on any atom is -0.379 e. The van der Waals surface area contributed by atoms with Gasteiger partial charge in [0, 0.05) is 31.4 Å². The monoisotopic (exact) mass is 291 g/mol. The highest BCUT2D eigenvalue weighted by molar-refractivity contribution is 6.00. The summed E-state index contributed by atoms with van der Waals surface area (Å²) >= 11 is 0. The zero-order valence-corrected chi connectivity index (χ0v) is 13.3. The van der Waals surface area contributed by atoms with Gasteiger partial charge in [0.05, 0.1) is 11.9 Å². The number of aryl methyl sites for hydroxylation is 1. The molecule has 0 unspecified atom stereocenters. The number of nitrogens with one attached hydrogen (secondary N) is 1. The number of aromatic nitrogens is 1. The van der Waals surface area contributed by atoms with Crippen molar-refractivity contribution in [2.45, 2.75) is 13.5 Å². The summed E-state index contributed by atoms with van der Waals surface area (Å²) in [5.74, 6) is 1.00. The third-order valence-electron chi connectivity index (χ3n) is 3.77. The summed E-state index contributed by atoms with van der Waals surface area (Å²) in [4.78, 5) is 6.67. The van der Waals surface area contributed by atoms with Crippen LogP contribution in [0.2, 0.25) is 0 Å². The standard InChI is InChI=1S/C19H21N3/c1-14-9-10-16-17(11-14)18(13-21-19(16)22(2)3)20-12-15-7-5-4-6-8-15/h4-11,13,20H,12H2,1-3H3. The molecule has 3 rings (SSSR count). The zero-order chi connectivity index (χ0) is 15.5. The quantitative estimate of drug-likeness (QED) is 0.780. The molecule has 3 nitrogen and oxygen atoms in total. The van der Waals surface area contributed by atoms with E-state index in [0.717, 1.165) is 18.1 Å². The Bertz CT molecular complexity index is 779. The summed E-state index contributed by atoms with van der Waals surface area (Å²) in [6.07, 6.45) is 1.93. The van der Waals surface area contributed by atoms with Crippen LogP contribution in [0.15, 0.2) is 54.7 Å². The minimum absolute atomic E-state index is 0.798. The van der Waals surface area contributed by atoms with Crippen molar-refractivity contribution in [3.05, 3.63) is 65.9 Å². The number of anilines is 2. The van der Waals surface area contributed by atoms with Gasteiger partial charge in [-0.1, -0.05) is 48.0 Å². The molecule has 0 bridgehead atoms. The SMILES string of the molecule is Cc1ccc2c(N(C)C)ncc(NCc3ccccc3)c2c1. The predicted molar refractivity (Wildman–Crippen MR) is 94.6 cm³/mol. The molecule has 0 aliphatic heterocycles. The van der Waals surface area contributed by atoms with Crippen LogP contribution in [0.25, 0.3) is 10.8 Å². The Hall–Kier alpha value is -2.55. The van der Waals surface area contributed by atoms with Gasteiger partial charge in [-0.05, 0) is 18.6 Å². The van der Waals surface area contributed by atoms with Gasteiger partial charge in [-0.3, -0.25) is 0 Å². The van der Waals surface area contributed by atoms with Crippen molar-refractivity contribution >= 4 is 22.3 Å². The average Bonchev–Trinajstić information content (AvgIpc) is 2.53. The van der Waals surface area contributed by atoms with Crippen molar-refractivity contribution in [2.24, 2.45) is 0 Å². The Morgan fingerprint density at radius 3 is 2.50 bits per heavy atom. The van der Waals surface area contributed by atoms with Crippen LogP contribution in [0.3, 0.4) is 0 Å². The van der Waals surface area contributed by atoms with Crippen LogP contribution >= 0.6 is 0 Å². The Balaban J connectivity index is 1.99. The molecule has 0 saturated heterocycles. The lowest BCUT2D eigenvalue weighted by atomic mass is 10.1. The first-order valence-electron chi connectivity index (χ1n) is 7.49. The van der Waals surface area contributed by atoms with E-state index in [9.17, 15) is 0 Å². The van der Waals surface area contributed by atoms with Crippen LogP contribution in [-0.2, 0) is 6.54 Å². The summed E-state index contributed by atoms with van der Waals surface area (Å²) < 4.78 is 0. The van der Waals surface area contributed by atoms with Crippen molar-refractivity contribution in [3.8, 4) is 0 Å². The molecule has 0 aliphatic rings. The zero-order valence-electron chi connectivity index (χ0n) is 13.3. The number of fused-ring (bicyclic) bond motifs is 1. The van der Waals surface area contributed by atoms with E-state index in [0.29, 0.717) is 0 Å². The fourth-order valence-electron chi connectivity index (χ4n) is 2.63. The van der Waals surface area contributed by atoms with Gasteiger partial charge < -0.3 is 10.2 Å². The van der Waals surface area contributed by atoms with Crippen LogP contribution in [-0.4, -0.2) is 19.1 Å². The van der Waals surface area contributed by atoms with Crippen LogP contribution in [0, 0.1) is 6.92 Å². The van der Waals surface area contributed by atoms with Gasteiger partial charge in [0.25, 0.3) is 0 Å². The Labute approximate surface area is 131 Å². The number of pyridine rings is 1. The van der Waals surface area contributed by atoms with Gasteiger partial charge in [-0.2, -0.15) is 0 Å². The summed E-state index contributed by atoms with van der Waals surface area (Å²) in [7, 11) is 4.05. The Morgan fingerprint density at radius 1 is 1.00 bits per heavy atom. The van der Waals surface area contributed by atoms with Gasteiger partial charge in [-0.25, -0.2) is 4.98 Å². The average molecular weight is 291 g/mol. The topological polar surface area (TPSA) is 28.2 Å². The van der Waals surface area contributed by atoms with E-state index >= 15 is 0 Å². The molecule has 0 spiro atoms. The van der Waals surface area contributed by atoms with Crippen molar-refractivity contribution in [1.82, 2.24) is 4.98 Å². The summed E-state index contributed by atoms with van der Waals surface area (Å²) in [5, 5.41) is 5.91. The fraction of sp³-hybridized carbons (Fsp3) is 0.211. The molecule has 3 aromatic rings. The molecule has 0 fully saturated rings. The van der Waals surface area contributed by atoms with E-state index in [1.54, 1.807) is 0 Å². The highest BCUT2D eigenvalue weighted by atomic mass is 15.1. The van der Waals surface area contributed by atoms with E-state index in [-0.39, 0.29) is 0 Å². The molecule has 2 aromatic carbocycles. The second kappa shape index (κ2) is 6.06. The molecular weight excluding hydrogens is 270 g/mol. The van der Waals surface area contributed by atoms with Crippen molar-refractivity contribution < 1.29 is 0 Å². The third kappa shape index (κ3) is 2.89. The first kappa shape index (κ1) is 14.4. The third-order valence-corrected chi connectivity index (χ3v) is 3.77. The normalized spacial score (nSPS) is 10.7. The van der Waals surface area contributed by atoms with E-state index in [1.807, 2.05) is 26.4 Å². The van der Waals surface area contributed by atoms with Gasteiger partial charge in [-0.15, -0.1) is 0 Å². The number of hydrogen-bond acceptors (Lipinski definition) is 3. The predicted octanol–water partition coefficient (Wildman–Crippen LogP) is 4.22. The van der Waals surface area contributed by atoms with Gasteiger partial charge in [0.15, 0.2) is 0 Å². The first-order chi connectivity index (χ1) is 10.6. The molecule has 1 aromatic heterocycles. The second-order valence-corrected chi connectivity index (χ2v) is 5.78. The lowest BCUT2D eigenvalue weighted by Gasteiger charge is -2.17. The van der Waals surface area contributed by atoms with Crippen molar-refractivity contribution in [3.63, 3.8) is 0 Å². The minimum atomic E-state index is 0.798. The molecule has 112 valence electrons. The van der Waals surface area contributed by atoms with E-state index in [2.05, 4.69) is 64.6 Å². The highest BCUT2D eigenvalue weighted by Gasteiger charge is 2.09. The number of rotatable bonds is 4. The van der Waals surface area contributed by atoms with E-state index in [4.69, 9.17) is 0 Å². The van der Waals surface area contributed by atoms with Gasteiger partial charge in [0.1, 0.15) is 5.82 Å². The Kier molecular flexibility index (Phi) is 3.96. The van der Waals surface area contributed by atoms with Crippen LogP contribution < -0.4 is 10.2 Å².